The number of ketones is 1. The van der Waals surface area contributed by atoms with Crippen molar-refractivity contribution in [1.82, 2.24) is 0 Å². The molecular weight excluding hydrogens is 198 g/mol. The third-order valence-electron chi connectivity index (χ3n) is 0.825. The van der Waals surface area contributed by atoms with Crippen LogP contribution >= 0.6 is 12.4 Å². The number of hydrogen-bond donors (Lipinski definition) is 2. The van der Waals surface area contributed by atoms with E-state index in [4.69, 9.17) is 10.8 Å². The van der Waals surface area contributed by atoms with Crippen LogP contribution in [-0.2, 0) is 9.59 Å². The van der Waals surface area contributed by atoms with Crippen molar-refractivity contribution in [2.45, 2.75) is 19.4 Å². The summed E-state index contributed by atoms with van der Waals surface area (Å²) in [6, 6.07) is -1.04. The topological polar surface area (TPSA) is 80.4 Å². The Balaban J connectivity index is -0.000000320. The summed E-state index contributed by atoms with van der Waals surface area (Å²) in [4.78, 5) is 20.2. The van der Waals surface area contributed by atoms with Gasteiger partial charge in [-0.25, -0.2) is 0 Å². The zero-order valence-corrected chi connectivity index (χ0v) is 9.27. The Bertz CT molecular complexity index is 142. The van der Waals surface area contributed by atoms with Crippen LogP contribution in [0.4, 0.5) is 0 Å². The number of Topliss-reactive ketones (excluding diaryl/α,β-unsaturated/α-hetero) is 1. The maximum atomic E-state index is 10.2. The maximum Gasteiger partial charge on any atom is 0.320 e. The van der Waals surface area contributed by atoms with E-state index in [0.29, 0.717) is 0 Å². The number of carbonyl (C=O) groups excluding carboxylic acids is 1. The van der Waals surface area contributed by atoms with Gasteiger partial charge in [-0.1, -0.05) is 0 Å². The van der Waals surface area contributed by atoms with E-state index in [-0.39, 0.29) is 62.3 Å². The van der Waals surface area contributed by atoms with E-state index in [1.165, 1.54) is 6.92 Å². The molecule has 0 amide bonds. The van der Waals surface area contributed by atoms with Gasteiger partial charge in [-0.2, -0.15) is 0 Å². The van der Waals surface area contributed by atoms with Gasteiger partial charge in [0.1, 0.15) is 11.8 Å². The number of rotatable bonds is 3. The fourth-order valence-corrected chi connectivity index (χ4v) is 0.397. The quantitative estimate of drug-likeness (QED) is 0.607. The van der Waals surface area contributed by atoms with Crippen LogP contribution in [0.25, 0.3) is 0 Å². The van der Waals surface area contributed by atoms with Crippen molar-refractivity contribution in [3.63, 3.8) is 0 Å². The van der Waals surface area contributed by atoms with Crippen molar-refractivity contribution in [2.75, 3.05) is 0 Å². The Kier molecular flexibility index (Phi) is 14.0. The predicted molar refractivity (Wildman–Crippen MR) is 43.9 cm³/mol. The molecule has 0 aromatic carbocycles. The molecule has 1 unspecified atom stereocenters. The largest absolute Gasteiger partial charge is 0.480 e. The van der Waals surface area contributed by atoms with Gasteiger partial charge in [0, 0.05) is 44.2 Å². The number of carboxylic acids is 1. The first-order valence-corrected chi connectivity index (χ1v) is 2.52. The van der Waals surface area contributed by atoms with Crippen LogP contribution in [0.1, 0.15) is 13.3 Å². The molecule has 0 aromatic heterocycles. The molecule has 0 aliphatic carbocycles. The zero-order valence-electron chi connectivity index (χ0n) is 6.24. The molecule has 0 heterocycles. The van der Waals surface area contributed by atoms with E-state index in [1.807, 2.05) is 0 Å². The molecule has 1 atom stereocenters. The van der Waals surface area contributed by atoms with Crippen molar-refractivity contribution in [1.29, 1.82) is 0 Å². The first-order chi connectivity index (χ1) is 4.04. The van der Waals surface area contributed by atoms with Gasteiger partial charge >= 0.3 is 5.97 Å². The Hall–Kier alpha value is 0.650. The van der Waals surface area contributed by atoms with E-state index in [2.05, 4.69) is 0 Å². The molecule has 2 radical (unpaired) electrons. The van der Waals surface area contributed by atoms with Crippen LogP contribution in [0.15, 0.2) is 0 Å². The van der Waals surface area contributed by atoms with E-state index in [0.717, 1.165) is 0 Å². The van der Waals surface area contributed by atoms with Gasteiger partial charge in [-0.15, -0.1) is 12.4 Å². The summed E-state index contributed by atoms with van der Waals surface area (Å²) in [6.45, 7) is 1.31. The first kappa shape index (κ1) is 17.7. The second kappa shape index (κ2) is 8.74. The van der Waals surface area contributed by atoms with Gasteiger partial charge in [-0.05, 0) is 6.92 Å². The maximum absolute atomic E-state index is 10.2. The number of nitrogens with two attached hydrogens (primary N) is 1. The Morgan fingerprint density at radius 2 is 1.91 bits per heavy atom. The molecule has 11 heavy (non-hydrogen) atoms. The van der Waals surface area contributed by atoms with Crippen molar-refractivity contribution in [3.05, 3.63) is 0 Å². The molecule has 3 N–H and O–H groups in total. The Labute approximate surface area is 101 Å². The monoisotopic (exact) mass is 207 g/mol. The van der Waals surface area contributed by atoms with Crippen LogP contribution in [-0.4, -0.2) is 60.6 Å². The Morgan fingerprint density at radius 1 is 1.55 bits per heavy atom. The van der Waals surface area contributed by atoms with Gasteiger partial charge in [-0.3, -0.25) is 9.59 Å². The molecule has 0 bridgehead atoms. The average molecular weight is 208 g/mol. The molecule has 62 valence electrons. The molecule has 0 aliphatic rings. The number of aliphatic carboxylic acids is 1. The number of hydrogen-bond acceptors (Lipinski definition) is 3. The van der Waals surface area contributed by atoms with Crippen molar-refractivity contribution in [2.24, 2.45) is 5.73 Å². The molecule has 0 fully saturated rings. The molecule has 0 aliphatic heterocycles. The molecule has 0 aromatic rings. The summed E-state index contributed by atoms with van der Waals surface area (Å²) >= 11 is 0. The molecule has 6 heteroatoms. The molecule has 0 saturated carbocycles. The average Bonchev–Trinajstić information content (AvgIpc) is 1.63. The second-order valence-corrected chi connectivity index (χ2v) is 1.85. The van der Waals surface area contributed by atoms with E-state index >= 15 is 0 Å². The summed E-state index contributed by atoms with van der Waals surface area (Å²) in [7, 11) is 0. The summed E-state index contributed by atoms with van der Waals surface area (Å²) in [5, 5.41) is 8.15. The molecule has 4 nitrogen and oxygen atoms in total. The number of carboxylic acid groups (broad SMARTS) is 1. The van der Waals surface area contributed by atoms with Gasteiger partial charge in [0.05, 0.1) is 0 Å². The van der Waals surface area contributed by atoms with Crippen molar-refractivity contribution in [3.8, 4) is 0 Å². The standard InChI is InChI=1S/C5H9NO3.Ca.ClH/c1-3(7)2-4(6)5(8)9;;/h4H,2,6H2,1H3,(H,8,9);;1H. The minimum absolute atomic E-state index is 0. The van der Waals surface area contributed by atoms with Gasteiger partial charge in [0.2, 0.25) is 0 Å². The SMILES string of the molecule is CC(=O)CC(N)C(=O)O.Cl.[Ca]. The van der Waals surface area contributed by atoms with Crippen LogP contribution in [0, 0.1) is 0 Å². The zero-order chi connectivity index (χ0) is 7.44. The fourth-order valence-electron chi connectivity index (χ4n) is 0.397. The van der Waals surface area contributed by atoms with Gasteiger partial charge in [0.25, 0.3) is 0 Å². The summed E-state index contributed by atoms with van der Waals surface area (Å²) in [6.07, 6.45) is -0.0880. The third kappa shape index (κ3) is 10.6. The smallest absolute Gasteiger partial charge is 0.320 e. The Morgan fingerprint density at radius 3 is 2.00 bits per heavy atom. The summed E-state index contributed by atoms with van der Waals surface area (Å²) < 4.78 is 0. The van der Waals surface area contributed by atoms with Crippen molar-refractivity contribution < 1.29 is 14.7 Å². The molecule has 0 rings (SSSR count). The molecule has 0 spiro atoms. The van der Waals surface area contributed by atoms with Crippen LogP contribution in [0.3, 0.4) is 0 Å². The van der Waals surface area contributed by atoms with Gasteiger partial charge < -0.3 is 10.8 Å². The summed E-state index contributed by atoms with van der Waals surface area (Å²) in [5.41, 5.74) is 5.00. The molecular formula is C5H10CaClNO3. The van der Waals surface area contributed by atoms with Crippen LogP contribution < -0.4 is 5.73 Å². The predicted octanol–water partition coefficient (Wildman–Crippen LogP) is -0.582. The minimum atomic E-state index is -1.13. The van der Waals surface area contributed by atoms with Crippen LogP contribution in [0.5, 0.6) is 0 Å². The number of carbonyl (C=O) groups is 2. The third-order valence-corrected chi connectivity index (χ3v) is 0.825. The normalized spacial score (nSPS) is 10.4. The van der Waals surface area contributed by atoms with E-state index in [9.17, 15) is 9.59 Å². The van der Waals surface area contributed by atoms with E-state index < -0.39 is 12.0 Å². The first-order valence-electron chi connectivity index (χ1n) is 2.52. The second-order valence-electron chi connectivity index (χ2n) is 1.85. The summed E-state index contributed by atoms with van der Waals surface area (Å²) in [5.74, 6) is -1.34. The van der Waals surface area contributed by atoms with E-state index in [1.54, 1.807) is 0 Å². The molecule has 0 saturated heterocycles. The van der Waals surface area contributed by atoms with Crippen LogP contribution in [0.2, 0.25) is 0 Å². The van der Waals surface area contributed by atoms with Crippen molar-refractivity contribution >= 4 is 61.9 Å². The number of halogens is 1. The minimum Gasteiger partial charge on any atom is -0.480 e. The fraction of sp³-hybridized carbons (Fsp3) is 0.600. The van der Waals surface area contributed by atoms with Gasteiger partial charge in [0.15, 0.2) is 0 Å².